The van der Waals surface area contributed by atoms with Crippen molar-refractivity contribution in [2.24, 2.45) is 5.10 Å². The Bertz CT molecular complexity index is 1020. The lowest BCUT2D eigenvalue weighted by Gasteiger charge is -2.07. The minimum Gasteiger partial charge on any atom is -0.483 e. The predicted molar refractivity (Wildman–Crippen MR) is 110 cm³/mol. The molecule has 9 heteroatoms. The lowest BCUT2D eigenvalue weighted by molar-refractivity contribution is -0.123. The number of amides is 1. The molecular weight excluding hydrogens is 464 g/mol. The van der Waals surface area contributed by atoms with Crippen LogP contribution in [-0.2, 0) is 4.79 Å². The van der Waals surface area contributed by atoms with E-state index in [2.05, 4.69) is 26.5 Å². The van der Waals surface area contributed by atoms with Crippen molar-refractivity contribution in [1.82, 2.24) is 5.43 Å². The highest BCUT2D eigenvalue weighted by Gasteiger charge is 2.11. The highest BCUT2D eigenvalue weighted by Crippen LogP contribution is 2.27. The van der Waals surface area contributed by atoms with Gasteiger partial charge in [0.15, 0.2) is 6.61 Å². The Morgan fingerprint density at radius 2 is 1.97 bits per heavy atom. The molecule has 0 fully saturated rings. The Labute approximate surface area is 179 Å². The minimum atomic E-state index is -0.587. The van der Waals surface area contributed by atoms with E-state index in [0.717, 1.165) is 0 Å². The lowest BCUT2D eigenvalue weighted by Crippen LogP contribution is -2.24. The fourth-order valence-electron chi connectivity index (χ4n) is 2.12. The molecule has 0 aliphatic heterocycles. The van der Waals surface area contributed by atoms with Crippen LogP contribution in [0.5, 0.6) is 11.5 Å². The van der Waals surface area contributed by atoms with Gasteiger partial charge in [0.1, 0.15) is 11.5 Å². The number of halogens is 2. The first-order chi connectivity index (χ1) is 14.0. The summed E-state index contributed by atoms with van der Waals surface area (Å²) in [6, 6.07) is 14.7. The molecule has 1 N–H and O–H groups in total. The SMILES string of the molecule is O=C(COc1ccc(Cl)cc1Br)N/N=C/c1ccc(OC(=O)c2ccco2)cc1. The summed E-state index contributed by atoms with van der Waals surface area (Å²) < 4.78 is 16.2. The first-order valence-corrected chi connectivity index (χ1v) is 9.44. The molecule has 0 saturated carbocycles. The Morgan fingerprint density at radius 1 is 1.17 bits per heavy atom. The van der Waals surface area contributed by atoms with E-state index in [-0.39, 0.29) is 12.4 Å². The van der Waals surface area contributed by atoms with Gasteiger partial charge in [-0.1, -0.05) is 11.6 Å². The summed E-state index contributed by atoms with van der Waals surface area (Å²) in [5.41, 5.74) is 3.06. The van der Waals surface area contributed by atoms with Gasteiger partial charge in [0.2, 0.25) is 5.76 Å². The van der Waals surface area contributed by atoms with Crippen LogP contribution in [0.25, 0.3) is 0 Å². The van der Waals surface area contributed by atoms with Gasteiger partial charge in [-0.3, -0.25) is 4.79 Å². The van der Waals surface area contributed by atoms with Gasteiger partial charge in [-0.05, 0) is 76.1 Å². The zero-order valence-electron chi connectivity index (χ0n) is 14.8. The van der Waals surface area contributed by atoms with Crippen molar-refractivity contribution < 1.29 is 23.5 Å². The molecule has 0 atom stereocenters. The normalized spacial score (nSPS) is 10.7. The standard InChI is InChI=1S/C20H14BrClN2O5/c21-16-10-14(22)5-8-17(16)28-12-19(25)24-23-11-13-3-6-15(7-4-13)29-20(26)18-2-1-9-27-18/h1-11H,12H2,(H,24,25)/b23-11+. The predicted octanol–water partition coefficient (Wildman–Crippen LogP) is 4.44. The smallest absolute Gasteiger partial charge is 0.379 e. The molecule has 0 aliphatic rings. The maximum absolute atomic E-state index is 11.8. The van der Waals surface area contributed by atoms with Gasteiger partial charge in [-0.25, -0.2) is 10.2 Å². The molecule has 0 radical (unpaired) electrons. The van der Waals surface area contributed by atoms with Crippen molar-refractivity contribution in [3.8, 4) is 11.5 Å². The molecule has 3 rings (SSSR count). The zero-order valence-corrected chi connectivity index (χ0v) is 17.1. The van der Waals surface area contributed by atoms with Crippen molar-refractivity contribution >= 4 is 45.6 Å². The van der Waals surface area contributed by atoms with Crippen LogP contribution in [0.1, 0.15) is 16.1 Å². The van der Waals surface area contributed by atoms with Crippen LogP contribution >= 0.6 is 27.5 Å². The van der Waals surface area contributed by atoms with Crippen LogP contribution < -0.4 is 14.9 Å². The van der Waals surface area contributed by atoms with Crippen LogP contribution in [0.3, 0.4) is 0 Å². The first-order valence-electron chi connectivity index (χ1n) is 8.27. The molecule has 0 saturated heterocycles. The number of hydrazone groups is 1. The summed E-state index contributed by atoms with van der Waals surface area (Å²) in [4.78, 5) is 23.6. The van der Waals surface area contributed by atoms with Gasteiger partial charge < -0.3 is 13.9 Å². The van der Waals surface area contributed by atoms with Gasteiger partial charge >= 0.3 is 5.97 Å². The summed E-state index contributed by atoms with van der Waals surface area (Å²) in [6.07, 6.45) is 2.85. The number of benzene rings is 2. The van der Waals surface area contributed by atoms with E-state index in [1.165, 1.54) is 18.5 Å². The monoisotopic (exact) mass is 476 g/mol. The van der Waals surface area contributed by atoms with Crippen molar-refractivity contribution in [3.05, 3.63) is 81.7 Å². The molecule has 148 valence electrons. The second kappa shape index (κ2) is 9.90. The van der Waals surface area contributed by atoms with E-state index in [0.29, 0.717) is 26.6 Å². The molecule has 0 bridgehead atoms. The molecule has 0 spiro atoms. The maximum Gasteiger partial charge on any atom is 0.379 e. The zero-order chi connectivity index (χ0) is 20.6. The fourth-order valence-corrected chi connectivity index (χ4v) is 2.92. The topological polar surface area (TPSA) is 90.1 Å². The van der Waals surface area contributed by atoms with Crippen molar-refractivity contribution in [2.75, 3.05) is 6.61 Å². The quantitative estimate of drug-likeness (QED) is 0.235. The number of nitrogens with one attached hydrogen (secondary N) is 1. The number of carbonyl (C=O) groups excluding carboxylic acids is 2. The molecule has 0 aliphatic carbocycles. The molecule has 29 heavy (non-hydrogen) atoms. The van der Waals surface area contributed by atoms with Crippen molar-refractivity contribution in [2.45, 2.75) is 0 Å². The van der Waals surface area contributed by atoms with Gasteiger partial charge in [0.25, 0.3) is 5.91 Å². The molecule has 3 aromatic rings. The molecular formula is C20H14BrClN2O5. The number of esters is 1. The van der Waals surface area contributed by atoms with E-state index in [9.17, 15) is 9.59 Å². The van der Waals surface area contributed by atoms with Gasteiger partial charge in [0.05, 0.1) is 17.0 Å². The Balaban J connectivity index is 1.46. The summed E-state index contributed by atoms with van der Waals surface area (Å²) in [6.45, 7) is -0.209. The van der Waals surface area contributed by atoms with Crippen molar-refractivity contribution in [1.29, 1.82) is 0 Å². The average molecular weight is 478 g/mol. The van der Waals surface area contributed by atoms with Crippen LogP contribution in [0, 0.1) is 0 Å². The van der Waals surface area contributed by atoms with E-state index < -0.39 is 11.9 Å². The summed E-state index contributed by atoms with van der Waals surface area (Å²) >= 11 is 9.16. The molecule has 0 unspecified atom stereocenters. The lowest BCUT2D eigenvalue weighted by atomic mass is 10.2. The number of ether oxygens (including phenoxy) is 2. The minimum absolute atomic E-state index is 0.117. The number of carbonyl (C=O) groups is 2. The highest BCUT2D eigenvalue weighted by atomic mass is 79.9. The molecule has 1 aromatic heterocycles. The highest BCUT2D eigenvalue weighted by molar-refractivity contribution is 9.10. The third kappa shape index (κ3) is 6.20. The third-order valence-electron chi connectivity index (χ3n) is 3.47. The number of hydrogen-bond donors (Lipinski definition) is 1. The van der Waals surface area contributed by atoms with Gasteiger partial charge in [0, 0.05) is 5.02 Å². The van der Waals surface area contributed by atoms with Gasteiger partial charge in [-0.2, -0.15) is 5.10 Å². The molecule has 1 amide bonds. The van der Waals surface area contributed by atoms with E-state index in [1.54, 1.807) is 48.5 Å². The summed E-state index contributed by atoms with van der Waals surface area (Å²) in [7, 11) is 0. The van der Waals surface area contributed by atoms with Crippen LogP contribution in [0.15, 0.2) is 74.9 Å². The molecule has 2 aromatic carbocycles. The van der Waals surface area contributed by atoms with Crippen LogP contribution in [0.2, 0.25) is 5.02 Å². The maximum atomic E-state index is 11.8. The largest absolute Gasteiger partial charge is 0.483 e. The number of rotatable bonds is 7. The number of nitrogens with zero attached hydrogens (tertiary/aromatic N) is 1. The second-order valence-corrected chi connectivity index (χ2v) is 6.88. The van der Waals surface area contributed by atoms with E-state index in [1.807, 2.05) is 0 Å². The third-order valence-corrected chi connectivity index (χ3v) is 4.32. The van der Waals surface area contributed by atoms with Crippen LogP contribution in [0.4, 0.5) is 0 Å². The van der Waals surface area contributed by atoms with Crippen LogP contribution in [-0.4, -0.2) is 24.7 Å². The number of hydrogen-bond acceptors (Lipinski definition) is 6. The Kier molecular flexibility index (Phi) is 7.04. The van der Waals surface area contributed by atoms with E-state index in [4.69, 9.17) is 25.5 Å². The fraction of sp³-hybridized carbons (Fsp3) is 0.0500. The molecule has 1 heterocycles. The summed E-state index contributed by atoms with van der Waals surface area (Å²) in [5.74, 6) is -0.0444. The average Bonchev–Trinajstić information content (AvgIpc) is 3.24. The van der Waals surface area contributed by atoms with Crippen molar-refractivity contribution in [3.63, 3.8) is 0 Å². The molecule has 7 nitrogen and oxygen atoms in total. The van der Waals surface area contributed by atoms with Gasteiger partial charge in [-0.15, -0.1) is 0 Å². The summed E-state index contributed by atoms with van der Waals surface area (Å²) in [5, 5.41) is 4.42. The van der Waals surface area contributed by atoms with E-state index >= 15 is 0 Å². The Morgan fingerprint density at radius 3 is 2.66 bits per heavy atom. The first kappa shape index (κ1) is 20.6. The second-order valence-electron chi connectivity index (χ2n) is 5.59. The number of furan rings is 1. The Hall–Kier alpha value is -3.10.